The molecule has 2 saturated heterocycles. The molecule has 2 aliphatic heterocycles. The number of benzene rings is 1. The predicted molar refractivity (Wildman–Crippen MR) is 80.9 cm³/mol. The van der Waals surface area contributed by atoms with Gasteiger partial charge < -0.3 is 4.90 Å². The smallest absolute Gasteiger partial charge is 0.258 e. The highest BCUT2D eigenvalue weighted by molar-refractivity contribution is 7.99. The van der Waals surface area contributed by atoms with Gasteiger partial charge in [-0.3, -0.25) is 4.79 Å². The van der Waals surface area contributed by atoms with Crippen molar-refractivity contribution < 1.29 is 9.18 Å². The molecule has 2 nitrogen and oxygen atoms in total. The lowest BCUT2D eigenvalue weighted by Gasteiger charge is -2.38. The van der Waals surface area contributed by atoms with E-state index >= 15 is 0 Å². The van der Waals surface area contributed by atoms with Crippen LogP contribution in [0.2, 0.25) is 5.02 Å². The van der Waals surface area contributed by atoms with Gasteiger partial charge in [-0.05, 0) is 44.1 Å². The van der Waals surface area contributed by atoms with Gasteiger partial charge in [0.05, 0.1) is 10.6 Å². The van der Waals surface area contributed by atoms with Crippen LogP contribution in [0.3, 0.4) is 0 Å². The van der Waals surface area contributed by atoms with Gasteiger partial charge >= 0.3 is 0 Å². The molecular weight excluding hydrogens is 297 g/mol. The van der Waals surface area contributed by atoms with Crippen molar-refractivity contribution in [2.45, 2.75) is 43.0 Å². The summed E-state index contributed by atoms with van der Waals surface area (Å²) < 4.78 is 13.9. The largest absolute Gasteiger partial charge is 0.332 e. The molecule has 2 atom stereocenters. The summed E-state index contributed by atoms with van der Waals surface area (Å²) in [6.07, 6.45) is 6.19. The number of hydrogen-bond donors (Lipinski definition) is 0. The van der Waals surface area contributed by atoms with Gasteiger partial charge in [0.25, 0.3) is 5.91 Å². The molecule has 0 radical (unpaired) electrons. The molecule has 2 unspecified atom stereocenters. The Morgan fingerprint density at radius 2 is 2.00 bits per heavy atom. The topological polar surface area (TPSA) is 20.3 Å². The Kier molecular flexibility index (Phi) is 3.95. The second-order valence-electron chi connectivity index (χ2n) is 5.52. The molecule has 0 spiro atoms. The Hall–Kier alpha value is -0.740. The van der Waals surface area contributed by atoms with Crippen LogP contribution in [0.4, 0.5) is 4.39 Å². The zero-order valence-electron chi connectivity index (χ0n) is 11.3. The van der Waals surface area contributed by atoms with Crippen molar-refractivity contribution in [3.8, 4) is 0 Å². The Morgan fingerprint density at radius 1 is 1.35 bits per heavy atom. The highest BCUT2D eigenvalue weighted by atomic mass is 35.5. The lowest BCUT2D eigenvalue weighted by atomic mass is 10.0. The van der Waals surface area contributed by atoms with Crippen molar-refractivity contribution in [1.29, 1.82) is 0 Å². The van der Waals surface area contributed by atoms with E-state index in [1.54, 1.807) is 6.07 Å². The lowest BCUT2D eigenvalue weighted by molar-refractivity contribution is 0.0597. The number of carbonyl (C=O) groups excluding carboxylic acids is 1. The van der Waals surface area contributed by atoms with E-state index in [2.05, 4.69) is 6.26 Å². The van der Waals surface area contributed by atoms with Crippen molar-refractivity contribution in [2.24, 2.45) is 0 Å². The number of nitrogens with zero attached hydrogens (tertiary/aromatic N) is 1. The van der Waals surface area contributed by atoms with Gasteiger partial charge in [-0.25, -0.2) is 4.39 Å². The summed E-state index contributed by atoms with van der Waals surface area (Å²) in [4.78, 5) is 14.6. The van der Waals surface area contributed by atoms with Gasteiger partial charge in [-0.15, -0.1) is 0 Å². The minimum absolute atomic E-state index is 0.0358. The van der Waals surface area contributed by atoms with E-state index in [0.29, 0.717) is 5.25 Å². The molecule has 2 fully saturated rings. The van der Waals surface area contributed by atoms with Crippen molar-refractivity contribution >= 4 is 29.3 Å². The highest BCUT2D eigenvalue weighted by Gasteiger charge is 2.44. The average Bonchev–Trinajstić information content (AvgIpc) is 2.69. The van der Waals surface area contributed by atoms with Crippen molar-refractivity contribution in [2.75, 3.05) is 6.26 Å². The number of fused-ring (bicyclic) bond motifs is 2. The summed E-state index contributed by atoms with van der Waals surface area (Å²) in [5.41, 5.74) is 0.0358. The van der Waals surface area contributed by atoms with Crippen LogP contribution in [0.15, 0.2) is 18.2 Å². The highest BCUT2D eigenvalue weighted by Crippen LogP contribution is 2.41. The van der Waals surface area contributed by atoms with E-state index in [1.807, 2.05) is 16.7 Å². The molecule has 1 aromatic rings. The average molecular weight is 314 g/mol. The van der Waals surface area contributed by atoms with Crippen molar-refractivity contribution in [1.82, 2.24) is 4.90 Å². The van der Waals surface area contributed by atoms with Gasteiger partial charge in [0.2, 0.25) is 0 Å². The molecule has 0 aliphatic carbocycles. The first-order valence-corrected chi connectivity index (χ1v) is 8.58. The maximum atomic E-state index is 13.9. The summed E-state index contributed by atoms with van der Waals surface area (Å²) in [7, 11) is 0. The molecule has 1 amide bonds. The number of carbonyl (C=O) groups is 1. The second kappa shape index (κ2) is 5.57. The number of piperidine rings is 1. The Labute approximate surface area is 127 Å². The van der Waals surface area contributed by atoms with E-state index in [-0.39, 0.29) is 28.6 Å². The summed E-state index contributed by atoms with van der Waals surface area (Å²) in [5, 5.41) is 0.828. The Morgan fingerprint density at radius 3 is 2.55 bits per heavy atom. The molecule has 0 N–H and O–H groups in total. The van der Waals surface area contributed by atoms with Crippen LogP contribution in [0.5, 0.6) is 0 Å². The van der Waals surface area contributed by atoms with E-state index in [1.165, 1.54) is 12.1 Å². The fourth-order valence-electron chi connectivity index (χ4n) is 3.48. The maximum Gasteiger partial charge on any atom is 0.258 e. The van der Waals surface area contributed by atoms with Gasteiger partial charge in [0, 0.05) is 17.3 Å². The van der Waals surface area contributed by atoms with E-state index in [0.717, 1.165) is 25.7 Å². The quantitative estimate of drug-likeness (QED) is 0.823. The fourth-order valence-corrected chi connectivity index (χ4v) is 4.56. The molecule has 0 saturated carbocycles. The summed E-state index contributed by atoms with van der Waals surface area (Å²) in [6.45, 7) is 0. The van der Waals surface area contributed by atoms with Crippen LogP contribution in [0.25, 0.3) is 0 Å². The zero-order valence-corrected chi connectivity index (χ0v) is 12.9. The first-order chi connectivity index (χ1) is 9.61. The number of thioether (sulfide) groups is 1. The SMILES string of the molecule is CSC1CC2CCC(C1)N2C(=O)c1c(F)cccc1Cl. The van der Waals surface area contributed by atoms with Crippen LogP contribution in [-0.2, 0) is 0 Å². The first-order valence-electron chi connectivity index (χ1n) is 6.91. The molecule has 20 heavy (non-hydrogen) atoms. The first kappa shape index (κ1) is 14.2. The van der Waals surface area contributed by atoms with Gasteiger partial charge in [0.1, 0.15) is 5.82 Å². The molecule has 2 heterocycles. The summed E-state index contributed by atoms with van der Waals surface area (Å²) in [6, 6.07) is 4.90. The van der Waals surface area contributed by atoms with E-state index in [9.17, 15) is 9.18 Å². The molecule has 0 aromatic heterocycles. The molecule has 108 valence electrons. The van der Waals surface area contributed by atoms with E-state index in [4.69, 9.17) is 11.6 Å². The van der Waals surface area contributed by atoms with Crippen LogP contribution in [-0.4, -0.2) is 34.4 Å². The predicted octanol–water partition coefficient (Wildman–Crippen LogP) is 3.98. The van der Waals surface area contributed by atoms with Gasteiger partial charge in [-0.2, -0.15) is 11.8 Å². The fraction of sp³-hybridized carbons (Fsp3) is 0.533. The number of rotatable bonds is 2. The third-order valence-corrected chi connectivity index (χ3v) is 5.80. The monoisotopic (exact) mass is 313 g/mol. The summed E-state index contributed by atoms with van der Waals surface area (Å²) >= 11 is 7.89. The van der Waals surface area contributed by atoms with Crippen LogP contribution in [0, 0.1) is 5.82 Å². The third kappa shape index (κ3) is 2.33. The standard InChI is InChI=1S/C15H17ClFNOS/c1-20-11-7-9-5-6-10(8-11)18(9)15(19)14-12(16)3-2-4-13(14)17/h2-4,9-11H,5-8H2,1H3. The molecule has 5 heteroatoms. The molecule has 1 aromatic carbocycles. The van der Waals surface area contributed by atoms with Crippen molar-refractivity contribution in [3.63, 3.8) is 0 Å². The second-order valence-corrected chi connectivity index (χ2v) is 7.07. The van der Waals surface area contributed by atoms with E-state index < -0.39 is 5.82 Å². The number of halogens is 2. The van der Waals surface area contributed by atoms with Crippen LogP contribution >= 0.6 is 23.4 Å². The minimum atomic E-state index is -0.520. The normalized spacial score (nSPS) is 28.8. The molecular formula is C15H17ClFNOS. The van der Waals surface area contributed by atoms with Crippen LogP contribution < -0.4 is 0 Å². The molecule has 2 aliphatic rings. The third-order valence-electron chi connectivity index (χ3n) is 4.43. The number of hydrogen-bond acceptors (Lipinski definition) is 2. The van der Waals surface area contributed by atoms with Gasteiger partial charge in [0.15, 0.2) is 0 Å². The Bertz CT molecular complexity index is 504. The van der Waals surface area contributed by atoms with Crippen molar-refractivity contribution in [3.05, 3.63) is 34.6 Å². The Balaban J connectivity index is 1.89. The maximum absolute atomic E-state index is 13.9. The minimum Gasteiger partial charge on any atom is -0.332 e. The molecule has 3 rings (SSSR count). The van der Waals surface area contributed by atoms with Crippen LogP contribution in [0.1, 0.15) is 36.0 Å². The zero-order chi connectivity index (χ0) is 14.3. The summed E-state index contributed by atoms with van der Waals surface area (Å²) in [5.74, 6) is -0.756. The molecule has 2 bridgehead atoms. The number of amides is 1. The lowest BCUT2D eigenvalue weighted by Crippen LogP contribution is -2.47. The van der Waals surface area contributed by atoms with Gasteiger partial charge in [-0.1, -0.05) is 17.7 Å².